The maximum Gasteiger partial charge on any atom is 0.220 e. The minimum atomic E-state index is -0.0841. The van der Waals surface area contributed by atoms with E-state index >= 15 is 0 Å². The van der Waals surface area contributed by atoms with Crippen molar-refractivity contribution < 1.29 is 9.53 Å². The van der Waals surface area contributed by atoms with Gasteiger partial charge in [0.25, 0.3) is 0 Å². The van der Waals surface area contributed by atoms with Crippen molar-refractivity contribution in [1.82, 2.24) is 14.8 Å². The van der Waals surface area contributed by atoms with E-state index in [0.29, 0.717) is 19.6 Å². The topological polar surface area (TPSA) is 46.5 Å². The number of carbonyl (C=O) groups is 1. The van der Waals surface area contributed by atoms with Gasteiger partial charge in [0.05, 0.1) is 0 Å². The standard InChI is InChI=1S/C38H41N3O2/c1-29-13-15-30(16-14-29)26-41-27-36(34-11-5-6-12-37(34)41)35(25-38(42)39-21-24-40-22-7-8-23-40)32-17-19-33(20-18-32)43-28-31-9-3-2-4-10-31/h2-6,9-20,27,35H,7-8,21-26,28H2,1H3,(H,39,42). The summed E-state index contributed by atoms with van der Waals surface area (Å²) in [5.74, 6) is 0.825. The molecular formula is C38H41N3O2. The van der Waals surface area contributed by atoms with E-state index in [9.17, 15) is 4.79 Å². The maximum absolute atomic E-state index is 13.4. The molecule has 1 saturated heterocycles. The number of hydrogen-bond acceptors (Lipinski definition) is 3. The Hall–Kier alpha value is -4.35. The number of nitrogens with zero attached hydrogens (tertiary/aromatic N) is 2. The molecule has 6 rings (SSSR count). The van der Waals surface area contributed by atoms with Gasteiger partial charge in [-0.3, -0.25) is 4.79 Å². The summed E-state index contributed by atoms with van der Waals surface area (Å²) in [7, 11) is 0. The summed E-state index contributed by atoms with van der Waals surface area (Å²) in [5, 5.41) is 4.41. The molecule has 2 heterocycles. The summed E-state index contributed by atoms with van der Waals surface area (Å²) in [6.07, 6.45) is 5.16. The number of carbonyl (C=O) groups excluding carboxylic acids is 1. The average molecular weight is 572 g/mol. The molecular weight excluding hydrogens is 530 g/mol. The highest BCUT2D eigenvalue weighted by molar-refractivity contribution is 5.86. The first kappa shape index (κ1) is 28.8. The Morgan fingerprint density at radius 2 is 1.56 bits per heavy atom. The Morgan fingerprint density at radius 1 is 0.837 bits per heavy atom. The fraction of sp³-hybridized carbons (Fsp3) is 0.289. The summed E-state index contributed by atoms with van der Waals surface area (Å²) in [5.41, 5.74) is 7.12. The molecule has 0 spiro atoms. The molecule has 0 aliphatic carbocycles. The number of ether oxygens (including phenoxy) is 1. The number of para-hydroxylation sites is 1. The van der Waals surface area contributed by atoms with Gasteiger partial charge in [-0.25, -0.2) is 0 Å². The summed E-state index contributed by atoms with van der Waals surface area (Å²) >= 11 is 0. The van der Waals surface area contributed by atoms with Crippen LogP contribution in [0, 0.1) is 6.92 Å². The van der Waals surface area contributed by atoms with Crippen LogP contribution in [-0.4, -0.2) is 41.6 Å². The molecule has 5 aromatic rings. The van der Waals surface area contributed by atoms with Gasteiger partial charge in [-0.15, -0.1) is 0 Å². The van der Waals surface area contributed by atoms with E-state index in [4.69, 9.17) is 4.74 Å². The third-order valence-electron chi connectivity index (χ3n) is 8.54. The quantitative estimate of drug-likeness (QED) is 0.171. The Balaban J connectivity index is 1.26. The number of hydrogen-bond donors (Lipinski definition) is 1. The second-order valence-electron chi connectivity index (χ2n) is 11.7. The second kappa shape index (κ2) is 13.7. The van der Waals surface area contributed by atoms with E-state index in [2.05, 4.69) is 101 Å². The molecule has 5 nitrogen and oxygen atoms in total. The van der Waals surface area contributed by atoms with Gasteiger partial charge in [0.2, 0.25) is 5.91 Å². The zero-order chi connectivity index (χ0) is 29.4. The minimum absolute atomic E-state index is 0.0841. The molecule has 1 fully saturated rings. The third-order valence-corrected chi connectivity index (χ3v) is 8.54. The van der Waals surface area contributed by atoms with E-state index in [1.165, 1.54) is 40.4 Å². The number of amides is 1. The van der Waals surface area contributed by atoms with Gasteiger partial charge in [-0.05, 0) is 73.3 Å². The zero-order valence-corrected chi connectivity index (χ0v) is 25.0. The molecule has 0 saturated carbocycles. The van der Waals surface area contributed by atoms with Crippen LogP contribution in [0.3, 0.4) is 0 Å². The average Bonchev–Trinajstić information content (AvgIpc) is 3.69. The lowest BCUT2D eigenvalue weighted by Crippen LogP contribution is -2.34. The van der Waals surface area contributed by atoms with Crippen LogP contribution < -0.4 is 10.1 Å². The van der Waals surface area contributed by atoms with Crippen LogP contribution in [0.1, 0.15) is 53.0 Å². The largest absolute Gasteiger partial charge is 0.489 e. The van der Waals surface area contributed by atoms with Gasteiger partial charge in [-0.2, -0.15) is 0 Å². The summed E-state index contributed by atoms with van der Waals surface area (Å²) < 4.78 is 8.40. The highest BCUT2D eigenvalue weighted by Crippen LogP contribution is 2.36. The summed E-state index contributed by atoms with van der Waals surface area (Å²) in [4.78, 5) is 15.8. The van der Waals surface area contributed by atoms with Gasteiger partial charge in [-0.1, -0.05) is 90.5 Å². The number of fused-ring (bicyclic) bond motifs is 1. The minimum Gasteiger partial charge on any atom is -0.489 e. The number of rotatable bonds is 12. The van der Waals surface area contributed by atoms with E-state index in [1.807, 2.05) is 30.3 Å². The molecule has 1 N–H and O–H groups in total. The maximum atomic E-state index is 13.4. The predicted octanol–water partition coefficient (Wildman–Crippen LogP) is 7.31. The molecule has 1 aliphatic rings. The molecule has 220 valence electrons. The molecule has 0 bridgehead atoms. The van der Waals surface area contributed by atoms with Crippen LogP contribution in [0.15, 0.2) is 109 Å². The van der Waals surface area contributed by atoms with E-state index in [-0.39, 0.29) is 11.8 Å². The normalized spacial score (nSPS) is 14.2. The lowest BCUT2D eigenvalue weighted by atomic mass is 9.88. The van der Waals surface area contributed by atoms with Gasteiger partial charge in [0.1, 0.15) is 12.4 Å². The van der Waals surface area contributed by atoms with Crippen LogP contribution in [-0.2, 0) is 17.9 Å². The van der Waals surface area contributed by atoms with E-state index in [0.717, 1.165) is 43.1 Å². The summed E-state index contributed by atoms with van der Waals surface area (Å²) in [6, 6.07) is 35.8. The van der Waals surface area contributed by atoms with Gasteiger partial charge < -0.3 is 19.5 Å². The van der Waals surface area contributed by atoms with Gasteiger partial charge in [0, 0.05) is 49.1 Å². The van der Waals surface area contributed by atoms with Crippen LogP contribution in [0.2, 0.25) is 0 Å². The highest BCUT2D eigenvalue weighted by Gasteiger charge is 2.23. The van der Waals surface area contributed by atoms with Crippen molar-refractivity contribution >= 4 is 16.8 Å². The number of benzene rings is 4. The molecule has 1 aromatic heterocycles. The Kier molecular flexibility index (Phi) is 9.19. The Bertz CT molecular complexity index is 1620. The van der Waals surface area contributed by atoms with Crippen molar-refractivity contribution in [1.29, 1.82) is 0 Å². The smallest absolute Gasteiger partial charge is 0.220 e. The predicted molar refractivity (Wildman–Crippen MR) is 175 cm³/mol. The third kappa shape index (κ3) is 7.36. The Morgan fingerprint density at radius 3 is 2.33 bits per heavy atom. The van der Waals surface area contributed by atoms with E-state index < -0.39 is 0 Å². The van der Waals surface area contributed by atoms with Crippen LogP contribution in [0.5, 0.6) is 5.75 Å². The fourth-order valence-corrected chi connectivity index (χ4v) is 6.14. The highest BCUT2D eigenvalue weighted by atomic mass is 16.5. The molecule has 1 aliphatic heterocycles. The summed E-state index contributed by atoms with van der Waals surface area (Å²) in [6.45, 7) is 7.30. The number of aromatic nitrogens is 1. The SMILES string of the molecule is Cc1ccc(Cn2cc(C(CC(=O)NCCN3CCCC3)c3ccc(OCc4ccccc4)cc3)c3ccccc32)cc1. The molecule has 43 heavy (non-hydrogen) atoms. The van der Waals surface area contributed by atoms with Crippen molar-refractivity contribution in [2.75, 3.05) is 26.2 Å². The molecule has 1 atom stereocenters. The molecule has 1 amide bonds. The van der Waals surface area contributed by atoms with Crippen molar-refractivity contribution in [3.05, 3.63) is 137 Å². The lowest BCUT2D eigenvalue weighted by Gasteiger charge is -2.19. The number of likely N-dealkylation sites (tertiary alicyclic amines) is 1. The van der Waals surface area contributed by atoms with Crippen molar-refractivity contribution in [2.45, 2.75) is 45.3 Å². The molecule has 5 heteroatoms. The first-order valence-electron chi connectivity index (χ1n) is 15.5. The zero-order valence-electron chi connectivity index (χ0n) is 25.0. The number of aryl methyl sites for hydroxylation is 1. The van der Waals surface area contributed by atoms with Crippen molar-refractivity contribution in [3.63, 3.8) is 0 Å². The molecule has 4 aromatic carbocycles. The Labute approximate surface area is 255 Å². The fourth-order valence-electron chi connectivity index (χ4n) is 6.14. The monoisotopic (exact) mass is 571 g/mol. The molecule has 0 radical (unpaired) electrons. The number of nitrogens with one attached hydrogen (secondary N) is 1. The van der Waals surface area contributed by atoms with Crippen molar-refractivity contribution in [3.8, 4) is 5.75 Å². The van der Waals surface area contributed by atoms with Crippen LogP contribution in [0.4, 0.5) is 0 Å². The van der Waals surface area contributed by atoms with E-state index in [1.54, 1.807) is 0 Å². The van der Waals surface area contributed by atoms with Crippen LogP contribution >= 0.6 is 0 Å². The first-order chi connectivity index (χ1) is 21.1. The van der Waals surface area contributed by atoms with Crippen molar-refractivity contribution in [2.24, 2.45) is 0 Å². The van der Waals surface area contributed by atoms with Gasteiger partial charge in [0.15, 0.2) is 0 Å². The molecule has 1 unspecified atom stereocenters. The second-order valence-corrected chi connectivity index (χ2v) is 11.7. The first-order valence-corrected chi connectivity index (χ1v) is 15.5. The van der Waals surface area contributed by atoms with Gasteiger partial charge >= 0.3 is 0 Å². The lowest BCUT2D eigenvalue weighted by molar-refractivity contribution is -0.121. The van der Waals surface area contributed by atoms with Crippen LogP contribution in [0.25, 0.3) is 10.9 Å².